The summed E-state index contributed by atoms with van der Waals surface area (Å²) in [6, 6.07) is 11.0. The van der Waals surface area contributed by atoms with Crippen molar-refractivity contribution in [2.45, 2.75) is 0 Å². The molecule has 4 N–H and O–H groups in total. The molecule has 1 heterocycles. The van der Waals surface area contributed by atoms with Gasteiger partial charge in [0.25, 0.3) is 5.91 Å². The lowest BCUT2D eigenvalue weighted by molar-refractivity contribution is 0.0690. The first-order chi connectivity index (χ1) is 9.08. The third-order valence-corrected chi connectivity index (χ3v) is 2.41. The maximum Gasteiger partial charge on any atom is 0.354 e. The largest absolute Gasteiger partial charge is 0.477 e. The number of carboxylic acid groups (broad SMARTS) is 1. The minimum atomic E-state index is -1.19. The van der Waals surface area contributed by atoms with E-state index in [1.165, 1.54) is 18.2 Å². The van der Waals surface area contributed by atoms with Crippen molar-refractivity contribution in [3.63, 3.8) is 0 Å². The number of aromatic carboxylic acids is 1. The number of nitrogens with one attached hydrogen (secondary N) is 1. The smallest absolute Gasteiger partial charge is 0.354 e. The van der Waals surface area contributed by atoms with Crippen LogP contribution in [0.15, 0.2) is 42.5 Å². The molecule has 6 heteroatoms. The predicted molar refractivity (Wildman–Crippen MR) is 70.0 cm³/mol. The molecule has 0 aliphatic rings. The van der Waals surface area contributed by atoms with Crippen LogP contribution in [0.2, 0.25) is 0 Å². The summed E-state index contributed by atoms with van der Waals surface area (Å²) in [5.41, 5.74) is 6.40. The van der Waals surface area contributed by atoms with Crippen molar-refractivity contribution < 1.29 is 14.7 Å². The number of hydrogen-bond acceptors (Lipinski definition) is 4. The molecule has 0 radical (unpaired) electrons. The fraction of sp³-hybridized carbons (Fsp3) is 0. The predicted octanol–water partition coefficient (Wildman–Crippen LogP) is 1.61. The number of hydrogen-bond donors (Lipinski definition) is 3. The van der Waals surface area contributed by atoms with Crippen LogP contribution < -0.4 is 11.1 Å². The lowest BCUT2D eigenvalue weighted by Crippen LogP contribution is -2.16. The van der Waals surface area contributed by atoms with Crippen molar-refractivity contribution in [1.82, 2.24) is 4.98 Å². The number of pyridine rings is 1. The number of para-hydroxylation sites is 2. The summed E-state index contributed by atoms with van der Waals surface area (Å²) < 4.78 is 0. The Bertz CT molecular complexity index is 641. The van der Waals surface area contributed by atoms with Gasteiger partial charge in [-0.1, -0.05) is 18.2 Å². The molecule has 0 spiro atoms. The Morgan fingerprint density at radius 1 is 1.05 bits per heavy atom. The summed E-state index contributed by atoms with van der Waals surface area (Å²) in [5, 5.41) is 11.4. The minimum absolute atomic E-state index is 0.0168. The number of nitrogens with zero attached hydrogens (tertiary/aromatic N) is 1. The van der Waals surface area contributed by atoms with Gasteiger partial charge in [-0.05, 0) is 24.3 Å². The molecule has 2 aromatic rings. The van der Waals surface area contributed by atoms with Gasteiger partial charge in [-0.15, -0.1) is 0 Å². The number of rotatable bonds is 3. The van der Waals surface area contributed by atoms with E-state index in [9.17, 15) is 9.59 Å². The van der Waals surface area contributed by atoms with E-state index >= 15 is 0 Å². The fourth-order valence-corrected chi connectivity index (χ4v) is 1.48. The molecule has 6 nitrogen and oxygen atoms in total. The first kappa shape index (κ1) is 12.6. The van der Waals surface area contributed by atoms with Gasteiger partial charge >= 0.3 is 5.97 Å². The van der Waals surface area contributed by atoms with Gasteiger partial charge in [0.15, 0.2) is 0 Å². The van der Waals surface area contributed by atoms with Crippen LogP contribution >= 0.6 is 0 Å². The number of carboxylic acids is 1. The van der Waals surface area contributed by atoms with Crippen LogP contribution in [0.25, 0.3) is 0 Å². The van der Waals surface area contributed by atoms with E-state index in [2.05, 4.69) is 10.3 Å². The standard InChI is InChI=1S/C13H11N3O3/c14-8-4-1-2-5-9(8)16-12(17)10-6-3-7-11(15-10)13(18)19/h1-7H,14H2,(H,16,17)(H,18,19). The fourth-order valence-electron chi connectivity index (χ4n) is 1.48. The normalized spacial score (nSPS) is 9.89. The summed E-state index contributed by atoms with van der Waals surface area (Å²) in [6.45, 7) is 0. The highest BCUT2D eigenvalue weighted by Gasteiger charge is 2.12. The highest BCUT2D eigenvalue weighted by atomic mass is 16.4. The first-order valence-corrected chi connectivity index (χ1v) is 5.44. The first-order valence-electron chi connectivity index (χ1n) is 5.44. The number of carbonyl (C=O) groups is 2. The average molecular weight is 257 g/mol. The summed E-state index contributed by atoms with van der Waals surface area (Å²) >= 11 is 0. The van der Waals surface area contributed by atoms with Crippen molar-refractivity contribution in [1.29, 1.82) is 0 Å². The molecule has 2 rings (SSSR count). The van der Waals surface area contributed by atoms with E-state index < -0.39 is 11.9 Å². The molecular weight excluding hydrogens is 246 g/mol. The Labute approximate surface area is 108 Å². The maximum absolute atomic E-state index is 11.9. The maximum atomic E-state index is 11.9. The van der Waals surface area contributed by atoms with E-state index in [4.69, 9.17) is 10.8 Å². The van der Waals surface area contributed by atoms with Crippen molar-refractivity contribution in [3.05, 3.63) is 53.9 Å². The molecule has 0 aliphatic heterocycles. The van der Waals surface area contributed by atoms with Crippen LogP contribution in [-0.4, -0.2) is 22.0 Å². The van der Waals surface area contributed by atoms with Crippen LogP contribution in [0.4, 0.5) is 11.4 Å². The van der Waals surface area contributed by atoms with Gasteiger partial charge in [0.2, 0.25) is 0 Å². The minimum Gasteiger partial charge on any atom is -0.477 e. The van der Waals surface area contributed by atoms with E-state index in [0.717, 1.165) is 0 Å². The number of nitrogen functional groups attached to an aromatic ring is 1. The second kappa shape index (κ2) is 5.18. The van der Waals surface area contributed by atoms with Crippen molar-refractivity contribution in [3.8, 4) is 0 Å². The number of carbonyl (C=O) groups excluding carboxylic acids is 1. The molecule has 1 aromatic heterocycles. The number of benzene rings is 1. The zero-order valence-corrected chi connectivity index (χ0v) is 9.83. The summed E-state index contributed by atoms with van der Waals surface area (Å²) in [6.07, 6.45) is 0. The van der Waals surface area contributed by atoms with Crippen LogP contribution in [0.1, 0.15) is 21.0 Å². The van der Waals surface area contributed by atoms with Crippen LogP contribution in [0.3, 0.4) is 0 Å². The third-order valence-electron chi connectivity index (χ3n) is 2.41. The topological polar surface area (TPSA) is 105 Å². The third kappa shape index (κ3) is 2.86. The van der Waals surface area contributed by atoms with Crippen molar-refractivity contribution in [2.24, 2.45) is 0 Å². The Morgan fingerprint density at radius 2 is 1.74 bits per heavy atom. The summed E-state index contributed by atoms with van der Waals surface area (Å²) in [4.78, 5) is 26.4. The molecule has 0 atom stereocenters. The molecule has 0 unspecified atom stereocenters. The van der Waals surface area contributed by atoms with E-state index in [0.29, 0.717) is 11.4 Å². The lowest BCUT2D eigenvalue weighted by Gasteiger charge is -2.07. The summed E-state index contributed by atoms with van der Waals surface area (Å²) in [7, 11) is 0. The van der Waals surface area contributed by atoms with Gasteiger partial charge < -0.3 is 16.2 Å². The number of nitrogens with two attached hydrogens (primary N) is 1. The van der Waals surface area contributed by atoms with E-state index in [-0.39, 0.29) is 11.4 Å². The van der Waals surface area contributed by atoms with Crippen molar-refractivity contribution >= 4 is 23.3 Å². The molecule has 0 aliphatic carbocycles. The second-order valence-electron chi connectivity index (χ2n) is 3.75. The number of aromatic nitrogens is 1. The summed E-state index contributed by atoms with van der Waals surface area (Å²) in [5.74, 6) is -1.70. The van der Waals surface area contributed by atoms with Gasteiger partial charge in [0, 0.05) is 0 Å². The van der Waals surface area contributed by atoms with Crippen LogP contribution in [-0.2, 0) is 0 Å². The zero-order valence-electron chi connectivity index (χ0n) is 9.83. The Hall–Kier alpha value is -2.89. The van der Waals surface area contributed by atoms with Gasteiger partial charge in [-0.25, -0.2) is 9.78 Å². The van der Waals surface area contributed by atoms with Gasteiger partial charge in [-0.3, -0.25) is 4.79 Å². The quantitative estimate of drug-likeness (QED) is 0.724. The van der Waals surface area contributed by atoms with Gasteiger partial charge in [-0.2, -0.15) is 0 Å². The Kier molecular flexibility index (Phi) is 3.42. The number of anilines is 2. The lowest BCUT2D eigenvalue weighted by atomic mass is 10.2. The molecular formula is C13H11N3O3. The molecule has 96 valence electrons. The number of amides is 1. The SMILES string of the molecule is Nc1ccccc1NC(=O)c1cccc(C(=O)O)n1. The highest BCUT2D eigenvalue weighted by molar-refractivity contribution is 6.04. The zero-order chi connectivity index (χ0) is 13.8. The monoisotopic (exact) mass is 257 g/mol. The molecule has 1 amide bonds. The highest BCUT2D eigenvalue weighted by Crippen LogP contribution is 2.17. The molecule has 19 heavy (non-hydrogen) atoms. The van der Waals surface area contributed by atoms with Gasteiger partial charge in [0.1, 0.15) is 11.4 Å². The molecule has 1 aromatic carbocycles. The Morgan fingerprint density at radius 3 is 2.42 bits per heavy atom. The van der Waals surface area contributed by atoms with E-state index in [1.54, 1.807) is 24.3 Å². The van der Waals surface area contributed by atoms with Gasteiger partial charge in [0.05, 0.1) is 11.4 Å². The molecule has 0 bridgehead atoms. The van der Waals surface area contributed by atoms with E-state index in [1.807, 2.05) is 0 Å². The average Bonchev–Trinajstić information content (AvgIpc) is 2.41. The van der Waals surface area contributed by atoms with Crippen LogP contribution in [0.5, 0.6) is 0 Å². The molecule has 0 fully saturated rings. The molecule has 0 saturated heterocycles. The Balaban J connectivity index is 2.23. The second-order valence-corrected chi connectivity index (χ2v) is 3.75. The molecule has 0 saturated carbocycles. The van der Waals surface area contributed by atoms with Crippen LogP contribution in [0, 0.1) is 0 Å². The van der Waals surface area contributed by atoms with Crippen molar-refractivity contribution in [2.75, 3.05) is 11.1 Å².